The molecule has 2 rings (SSSR count). The van der Waals surface area contributed by atoms with Gasteiger partial charge in [0, 0.05) is 11.6 Å². The van der Waals surface area contributed by atoms with Crippen molar-refractivity contribution in [2.45, 2.75) is 6.04 Å². The Morgan fingerprint density at radius 2 is 1.81 bits per heavy atom. The highest BCUT2D eigenvalue weighted by molar-refractivity contribution is 5.92. The molecule has 2 aromatic rings. The second kappa shape index (κ2) is 9.63. The molecule has 2 N–H and O–H groups in total. The molecule has 26 heavy (non-hydrogen) atoms. The standard InChI is InChI=1S/C21H26N2O3/c1-23(2)15-18(16-9-6-5-7-10-16)22-20(24)14-13-17-11-8-12-19(25-3)21(17)26-4/h5-14,18H,15H2,1-4H3,(H,22,24)/p+1/b14-13+/t18-/m1/s1. The van der Waals surface area contributed by atoms with E-state index in [2.05, 4.69) is 19.4 Å². The fourth-order valence-corrected chi connectivity index (χ4v) is 2.77. The summed E-state index contributed by atoms with van der Waals surface area (Å²) in [6, 6.07) is 15.5. The van der Waals surface area contributed by atoms with Crippen molar-refractivity contribution in [1.29, 1.82) is 0 Å². The van der Waals surface area contributed by atoms with Gasteiger partial charge in [0.25, 0.3) is 0 Å². The van der Waals surface area contributed by atoms with Crippen molar-refractivity contribution in [3.05, 3.63) is 65.7 Å². The van der Waals surface area contributed by atoms with Crippen LogP contribution in [0.5, 0.6) is 11.5 Å². The zero-order valence-electron chi connectivity index (χ0n) is 15.8. The molecule has 0 spiro atoms. The van der Waals surface area contributed by atoms with E-state index < -0.39 is 0 Å². The Bertz CT molecular complexity index is 742. The predicted molar refractivity (Wildman–Crippen MR) is 104 cm³/mol. The van der Waals surface area contributed by atoms with Gasteiger partial charge in [-0.3, -0.25) is 4.79 Å². The van der Waals surface area contributed by atoms with Gasteiger partial charge < -0.3 is 19.7 Å². The third-order valence-electron chi connectivity index (χ3n) is 3.98. The minimum atomic E-state index is -0.148. The number of amides is 1. The summed E-state index contributed by atoms with van der Waals surface area (Å²) in [5, 5.41) is 3.08. The molecule has 0 unspecified atom stereocenters. The lowest BCUT2D eigenvalue weighted by atomic mass is 10.1. The van der Waals surface area contributed by atoms with Gasteiger partial charge in [-0.2, -0.15) is 0 Å². The molecule has 0 radical (unpaired) electrons. The number of para-hydroxylation sites is 1. The molecule has 0 heterocycles. The number of carbonyl (C=O) groups is 1. The molecule has 0 aliphatic rings. The first-order valence-electron chi connectivity index (χ1n) is 8.58. The minimum absolute atomic E-state index is 0.0504. The molecule has 5 nitrogen and oxygen atoms in total. The number of carbonyl (C=O) groups excluding carboxylic acids is 1. The van der Waals surface area contributed by atoms with Gasteiger partial charge in [-0.25, -0.2) is 0 Å². The van der Waals surface area contributed by atoms with Crippen LogP contribution in [0.25, 0.3) is 6.08 Å². The number of methoxy groups -OCH3 is 2. The van der Waals surface area contributed by atoms with Gasteiger partial charge in [0.1, 0.15) is 12.6 Å². The number of hydrogen-bond donors (Lipinski definition) is 2. The topological polar surface area (TPSA) is 52.0 Å². The normalized spacial score (nSPS) is 12.2. The number of quaternary nitrogens is 1. The molecular formula is C21H27N2O3+. The summed E-state index contributed by atoms with van der Waals surface area (Å²) in [5.74, 6) is 1.09. The molecule has 0 aromatic heterocycles. The average molecular weight is 355 g/mol. The molecule has 0 fully saturated rings. The Balaban J connectivity index is 2.14. The molecule has 138 valence electrons. The first kappa shape index (κ1) is 19.5. The first-order chi connectivity index (χ1) is 12.5. The number of hydrogen-bond acceptors (Lipinski definition) is 3. The zero-order valence-corrected chi connectivity index (χ0v) is 15.8. The van der Waals surface area contributed by atoms with Crippen molar-refractivity contribution in [2.75, 3.05) is 34.9 Å². The second-order valence-corrected chi connectivity index (χ2v) is 6.30. The number of rotatable bonds is 8. The quantitative estimate of drug-likeness (QED) is 0.709. The second-order valence-electron chi connectivity index (χ2n) is 6.30. The third kappa shape index (κ3) is 5.36. The summed E-state index contributed by atoms with van der Waals surface area (Å²) in [5.41, 5.74) is 1.88. The van der Waals surface area contributed by atoms with E-state index in [9.17, 15) is 4.79 Å². The fourth-order valence-electron chi connectivity index (χ4n) is 2.77. The van der Waals surface area contributed by atoms with Crippen LogP contribution in [0.2, 0.25) is 0 Å². The zero-order chi connectivity index (χ0) is 18.9. The van der Waals surface area contributed by atoms with Crippen LogP contribution in [-0.4, -0.2) is 40.8 Å². The van der Waals surface area contributed by atoms with Crippen molar-refractivity contribution in [3.63, 3.8) is 0 Å². The number of benzene rings is 2. The highest BCUT2D eigenvalue weighted by Gasteiger charge is 2.16. The minimum Gasteiger partial charge on any atom is -0.493 e. The summed E-state index contributed by atoms with van der Waals surface area (Å²) in [7, 11) is 7.31. The van der Waals surface area contributed by atoms with E-state index in [1.807, 2.05) is 48.5 Å². The molecule has 0 saturated heterocycles. The summed E-state index contributed by atoms with van der Waals surface area (Å²) in [6.45, 7) is 0.798. The van der Waals surface area contributed by atoms with Crippen LogP contribution in [0.15, 0.2) is 54.6 Å². The highest BCUT2D eigenvalue weighted by atomic mass is 16.5. The van der Waals surface area contributed by atoms with Crippen LogP contribution < -0.4 is 19.7 Å². The average Bonchev–Trinajstić information content (AvgIpc) is 2.65. The summed E-state index contributed by atoms with van der Waals surface area (Å²) in [6.07, 6.45) is 3.26. The van der Waals surface area contributed by atoms with Crippen LogP contribution in [0.3, 0.4) is 0 Å². The Hall–Kier alpha value is -2.79. The first-order valence-corrected chi connectivity index (χ1v) is 8.58. The molecule has 0 saturated carbocycles. The van der Waals surface area contributed by atoms with Crippen LogP contribution >= 0.6 is 0 Å². The molecular weight excluding hydrogens is 328 g/mol. The maximum Gasteiger partial charge on any atom is 0.244 e. The predicted octanol–water partition coefficient (Wildman–Crippen LogP) is 1.72. The van der Waals surface area contributed by atoms with E-state index in [1.54, 1.807) is 20.3 Å². The van der Waals surface area contributed by atoms with E-state index in [-0.39, 0.29) is 11.9 Å². The molecule has 0 aliphatic heterocycles. The van der Waals surface area contributed by atoms with E-state index in [0.717, 1.165) is 17.7 Å². The van der Waals surface area contributed by atoms with Gasteiger partial charge in [-0.1, -0.05) is 42.5 Å². The van der Waals surface area contributed by atoms with E-state index in [4.69, 9.17) is 9.47 Å². The maximum atomic E-state index is 12.5. The van der Waals surface area contributed by atoms with Gasteiger partial charge in [0.05, 0.1) is 28.3 Å². The van der Waals surface area contributed by atoms with Crippen LogP contribution in [0.1, 0.15) is 17.2 Å². The third-order valence-corrected chi connectivity index (χ3v) is 3.98. The van der Waals surface area contributed by atoms with Crippen molar-refractivity contribution < 1.29 is 19.2 Å². The Morgan fingerprint density at radius 3 is 2.42 bits per heavy atom. The van der Waals surface area contributed by atoms with Crippen molar-refractivity contribution in [3.8, 4) is 11.5 Å². The molecule has 5 heteroatoms. The lowest BCUT2D eigenvalue weighted by molar-refractivity contribution is -0.860. The SMILES string of the molecule is COc1cccc(/C=C/C(=O)N[C@H](C[NH+](C)C)c2ccccc2)c1OC. The largest absolute Gasteiger partial charge is 0.493 e. The van der Waals surface area contributed by atoms with Gasteiger partial charge in [0.15, 0.2) is 11.5 Å². The Kier molecular flexibility index (Phi) is 7.24. The Morgan fingerprint density at radius 1 is 1.08 bits per heavy atom. The van der Waals surface area contributed by atoms with Gasteiger partial charge in [-0.15, -0.1) is 0 Å². The smallest absolute Gasteiger partial charge is 0.244 e. The maximum absolute atomic E-state index is 12.5. The highest BCUT2D eigenvalue weighted by Crippen LogP contribution is 2.31. The van der Waals surface area contributed by atoms with E-state index in [0.29, 0.717) is 11.5 Å². The van der Waals surface area contributed by atoms with E-state index in [1.165, 1.54) is 11.0 Å². The molecule has 1 atom stereocenters. The van der Waals surface area contributed by atoms with Crippen molar-refractivity contribution >= 4 is 12.0 Å². The monoisotopic (exact) mass is 355 g/mol. The van der Waals surface area contributed by atoms with Gasteiger partial charge >= 0.3 is 0 Å². The van der Waals surface area contributed by atoms with Gasteiger partial charge in [-0.05, 0) is 17.7 Å². The lowest BCUT2D eigenvalue weighted by Crippen LogP contribution is -3.06. The summed E-state index contributed by atoms with van der Waals surface area (Å²) < 4.78 is 10.7. The van der Waals surface area contributed by atoms with Crippen molar-refractivity contribution in [1.82, 2.24) is 5.32 Å². The Labute approximate surface area is 155 Å². The van der Waals surface area contributed by atoms with Crippen LogP contribution in [0.4, 0.5) is 0 Å². The van der Waals surface area contributed by atoms with Crippen LogP contribution in [-0.2, 0) is 4.79 Å². The number of likely N-dealkylation sites (N-methyl/N-ethyl adjacent to an activating group) is 1. The van der Waals surface area contributed by atoms with E-state index >= 15 is 0 Å². The molecule has 1 amide bonds. The van der Waals surface area contributed by atoms with Crippen molar-refractivity contribution in [2.24, 2.45) is 0 Å². The molecule has 0 bridgehead atoms. The van der Waals surface area contributed by atoms with Gasteiger partial charge in [0.2, 0.25) is 5.91 Å². The molecule has 2 aromatic carbocycles. The fraction of sp³-hybridized carbons (Fsp3) is 0.286. The number of nitrogens with one attached hydrogen (secondary N) is 2. The lowest BCUT2D eigenvalue weighted by Gasteiger charge is -2.20. The number of ether oxygens (including phenoxy) is 2. The summed E-state index contributed by atoms with van der Waals surface area (Å²) in [4.78, 5) is 13.7. The summed E-state index contributed by atoms with van der Waals surface area (Å²) >= 11 is 0. The molecule has 0 aliphatic carbocycles. The van der Waals surface area contributed by atoms with Crippen LogP contribution in [0, 0.1) is 0 Å².